The zero-order chi connectivity index (χ0) is 8.84. The highest BCUT2D eigenvalue weighted by molar-refractivity contribution is 5.62. The van der Waals surface area contributed by atoms with Gasteiger partial charge in [0.05, 0.1) is 0 Å². The number of hydrogen-bond acceptors (Lipinski definition) is 1. The Morgan fingerprint density at radius 3 is 3.00 bits per heavy atom. The fourth-order valence-electron chi connectivity index (χ4n) is 2.56. The number of hydrogen-bond donors (Lipinski definition) is 0. The van der Waals surface area contributed by atoms with Crippen molar-refractivity contribution in [3.63, 3.8) is 0 Å². The summed E-state index contributed by atoms with van der Waals surface area (Å²) in [5, 5.41) is 0. The Balaban J connectivity index is 2.06. The van der Waals surface area contributed by atoms with Gasteiger partial charge in [0, 0.05) is 18.3 Å². The van der Waals surface area contributed by atoms with Crippen LogP contribution in [0.25, 0.3) is 0 Å². The third-order valence-corrected chi connectivity index (χ3v) is 3.12. The second-order valence-electron chi connectivity index (χ2n) is 4.07. The van der Waals surface area contributed by atoms with Crippen LogP contribution in [0.15, 0.2) is 36.4 Å². The zero-order valence-corrected chi connectivity index (χ0v) is 7.66. The molecule has 13 heavy (non-hydrogen) atoms. The minimum Gasteiger partial charge on any atom is -0.364 e. The Bertz CT molecular complexity index is 367. The first kappa shape index (κ1) is 7.19. The minimum absolute atomic E-state index is 0.713. The van der Waals surface area contributed by atoms with Crippen molar-refractivity contribution in [2.45, 2.75) is 18.9 Å². The summed E-state index contributed by atoms with van der Waals surface area (Å²) in [6.07, 6.45) is 2.41. The van der Waals surface area contributed by atoms with Crippen LogP contribution in [0.5, 0.6) is 0 Å². The van der Waals surface area contributed by atoms with Crippen LogP contribution in [-0.2, 0) is 6.42 Å². The molecule has 3 rings (SSSR count). The largest absolute Gasteiger partial charge is 0.364 e. The van der Waals surface area contributed by atoms with Gasteiger partial charge in [0.25, 0.3) is 0 Å². The second-order valence-corrected chi connectivity index (χ2v) is 4.07. The van der Waals surface area contributed by atoms with Crippen LogP contribution in [0.4, 0.5) is 5.69 Å². The van der Waals surface area contributed by atoms with E-state index in [0.29, 0.717) is 6.04 Å². The van der Waals surface area contributed by atoms with Crippen LogP contribution < -0.4 is 4.90 Å². The molecule has 0 aliphatic carbocycles. The fraction of sp³-hybridized carbons (Fsp3) is 0.333. The normalized spacial score (nSPS) is 24.8. The van der Waals surface area contributed by atoms with Crippen LogP contribution >= 0.6 is 0 Å². The Kier molecular flexibility index (Phi) is 1.32. The number of nitrogens with zero attached hydrogens (tertiary/aromatic N) is 1. The predicted molar refractivity (Wildman–Crippen MR) is 55.0 cm³/mol. The lowest BCUT2D eigenvalue weighted by Crippen LogP contribution is -2.24. The van der Waals surface area contributed by atoms with E-state index in [1.165, 1.54) is 29.7 Å². The first-order valence-electron chi connectivity index (χ1n) is 4.86. The van der Waals surface area contributed by atoms with E-state index in [2.05, 4.69) is 35.7 Å². The molecule has 2 heterocycles. The molecule has 1 aromatic rings. The first-order valence-corrected chi connectivity index (χ1v) is 4.86. The molecule has 0 aromatic heterocycles. The maximum Gasteiger partial charge on any atom is 0.0405 e. The molecule has 0 N–H and O–H groups in total. The predicted octanol–water partition coefficient (Wildman–Crippen LogP) is 2.38. The number of benzene rings is 1. The summed E-state index contributed by atoms with van der Waals surface area (Å²) < 4.78 is 0. The Hall–Kier alpha value is -1.24. The van der Waals surface area contributed by atoms with Crippen molar-refractivity contribution >= 4 is 5.69 Å². The smallest absolute Gasteiger partial charge is 0.0405 e. The molecule has 1 fully saturated rings. The van der Waals surface area contributed by atoms with Crippen molar-refractivity contribution in [3.05, 3.63) is 42.0 Å². The zero-order valence-electron chi connectivity index (χ0n) is 7.66. The summed E-state index contributed by atoms with van der Waals surface area (Å²) in [4.78, 5) is 2.50. The van der Waals surface area contributed by atoms with Crippen LogP contribution in [-0.4, -0.2) is 12.6 Å². The molecule has 0 spiro atoms. The third-order valence-electron chi connectivity index (χ3n) is 3.12. The maximum absolute atomic E-state index is 4.07. The van der Waals surface area contributed by atoms with Gasteiger partial charge in [0.1, 0.15) is 0 Å². The van der Waals surface area contributed by atoms with Crippen LogP contribution in [0.2, 0.25) is 0 Å². The van der Waals surface area contributed by atoms with Crippen molar-refractivity contribution in [1.82, 2.24) is 0 Å². The Morgan fingerprint density at radius 2 is 2.08 bits per heavy atom. The van der Waals surface area contributed by atoms with E-state index >= 15 is 0 Å². The fourth-order valence-corrected chi connectivity index (χ4v) is 2.56. The molecule has 0 radical (unpaired) electrons. The summed E-state index contributed by atoms with van der Waals surface area (Å²) in [6, 6.07) is 9.45. The van der Waals surface area contributed by atoms with Crippen LogP contribution in [0, 0.1) is 0 Å². The molecule has 66 valence electrons. The van der Waals surface area contributed by atoms with E-state index in [1.807, 2.05) is 0 Å². The molecule has 1 unspecified atom stereocenters. The van der Waals surface area contributed by atoms with E-state index in [4.69, 9.17) is 0 Å². The minimum atomic E-state index is 0.713. The van der Waals surface area contributed by atoms with Crippen molar-refractivity contribution in [2.24, 2.45) is 0 Å². The van der Waals surface area contributed by atoms with E-state index < -0.39 is 0 Å². The third kappa shape index (κ3) is 0.932. The van der Waals surface area contributed by atoms with Gasteiger partial charge in [-0.05, 0) is 24.5 Å². The van der Waals surface area contributed by atoms with Crippen LogP contribution in [0.3, 0.4) is 0 Å². The molecule has 1 heteroatoms. The van der Waals surface area contributed by atoms with Gasteiger partial charge >= 0.3 is 0 Å². The van der Waals surface area contributed by atoms with Gasteiger partial charge in [-0.2, -0.15) is 0 Å². The van der Waals surface area contributed by atoms with Crippen molar-refractivity contribution in [1.29, 1.82) is 0 Å². The number of para-hydroxylation sites is 1. The van der Waals surface area contributed by atoms with Gasteiger partial charge in [-0.1, -0.05) is 30.4 Å². The van der Waals surface area contributed by atoms with Gasteiger partial charge in [-0.3, -0.25) is 0 Å². The van der Waals surface area contributed by atoms with Crippen molar-refractivity contribution in [2.75, 3.05) is 11.4 Å². The van der Waals surface area contributed by atoms with E-state index in [1.54, 1.807) is 0 Å². The van der Waals surface area contributed by atoms with E-state index in [-0.39, 0.29) is 0 Å². The second kappa shape index (κ2) is 2.38. The lowest BCUT2D eigenvalue weighted by molar-refractivity contribution is 0.721. The molecule has 1 nitrogen and oxygen atoms in total. The van der Waals surface area contributed by atoms with Crippen LogP contribution in [0.1, 0.15) is 12.0 Å². The topological polar surface area (TPSA) is 3.24 Å². The summed E-state index contributed by atoms with van der Waals surface area (Å²) in [5.41, 5.74) is 4.34. The molecule has 0 saturated carbocycles. The van der Waals surface area contributed by atoms with Crippen molar-refractivity contribution < 1.29 is 0 Å². The molecule has 1 saturated heterocycles. The summed E-state index contributed by atoms with van der Waals surface area (Å²) >= 11 is 0. The summed E-state index contributed by atoms with van der Waals surface area (Å²) in [7, 11) is 0. The quantitative estimate of drug-likeness (QED) is 0.542. The molecule has 0 amide bonds. The Morgan fingerprint density at radius 1 is 1.23 bits per heavy atom. The number of rotatable bonds is 0. The average Bonchev–Trinajstić information content (AvgIpc) is 2.60. The average molecular weight is 171 g/mol. The molecule has 1 aromatic carbocycles. The lowest BCUT2D eigenvalue weighted by atomic mass is 10.1. The number of fused-ring (bicyclic) bond motifs is 3. The van der Waals surface area contributed by atoms with Gasteiger partial charge < -0.3 is 4.90 Å². The molecule has 2 aliphatic heterocycles. The molecule has 1 atom stereocenters. The maximum atomic E-state index is 4.07. The van der Waals surface area contributed by atoms with Gasteiger partial charge in [0.15, 0.2) is 0 Å². The SMILES string of the molecule is C=C1CC2Cc3ccccc3N2C1. The van der Waals surface area contributed by atoms with Gasteiger partial charge in [-0.15, -0.1) is 0 Å². The van der Waals surface area contributed by atoms with E-state index in [9.17, 15) is 0 Å². The van der Waals surface area contributed by atoms with Gasteiger partial charge in [-0.25, -0.2) is 0 Å². The summed E-state index contributed by atoms with van der Waals surface area (Å²) in [5.74, 6) is 0. The van der Waals surface area contributed by atoms with E-state index in [0.717, 1.165) is 6.54 Å². The highest BCUT2D eigenvalue weighted by atomic mass is 15.2. The lowest BCUT2D eigenvalue weighted by Gasteiger charge is -2.17. The first-order chi connectivity index (χ1) is 6.34. The molecule has 0 bridgehead atoms. The highest BCUT2D eigenvalue weighted by Gasteiger charge is 2.33. The molecular formula is C12H13N. The van der Waals surface area contributed by atoms with Crippen molar-refractivity contribution in [3.8, 4) is 0 Å². The number of anilines is 1. The summed E-state index contributed by atoms with van der Waals surface area (Å²) in [6.45, 7) is 5.14. The molecule has 2 aliphatic rings. The highest BCUT2D eigenvalue weighted by Crippen LogP contribution is 2.38. The van der Waals surface area contributed by atoms with Gasteiger partial charge in [0.2, 0.25) is 0 Å². The molecular weight excluding hydrogens is 158 g/mol. The Labute approximate surface area is 78.7 Å². The monoisotopic (exact) mass is 171 g/mol. The standard InChI is InChI=1S/C12H13N/c1-9-6-11-7-10-4-2-3-5-12(10)13(11)8-9/h2-5,11H,1,6-8H2.